The summed E-state index contributed by atoms with van der Waals surface area (Å²) < 4.78 is 32.0. The molecule has 2 aromatic rings. The molecule has 0 atom stereocenters. The van der Waals surface area contributed by atoms with Crippen LogP contribution in [0.2, 0.25) is 0 Å². The van der Waals surface area contributed by atoms with Crippen LogP contribution >= 0.6 is 0 Å². The van der Waals surface area contributed by atoms with E-state index in [1.807, 2.05) is 12.1 Å². The Kier molecular flexibility index (Phi) is 5.15. The molecule has 2 heterocycles. The monoisotopic (exact) mass is 377 g/mol. The average Bonchev–Trinajstić information content (AvgIpc) is 3.07. The van der Waals surface area contributed by atoms with Gasteiger partial charge in [0.1, 0.15) is 5.76 Å². The van der Waals surface area contributed by atoms with Crippen LogP contribution in [0, 0.1) is 6.92 Å². The number of aryl methyl sites for hydroxylation is 1. The largest absolute Gasteiger partial charge is 0.361 e. The van der Waals surface area contributed by atoms with E-state index in [-0.39, 0.29) is 29.6 Å². The number of hydrogen-bond donors (Lipinski definition) is 0. The molecule has 26 heavy (non-hydrogen) atoms. The number of hydrogen-bond acceptors (Lipinski definition) is 5. The molecule has 7 nitrogen and oxygen atoms in total. The van der Waals surface area contributed by atoms with Crippen molar-refractivity contribution in [3.05, 3.63) is 47.3 Å². The molecule has 1 aliphatic heterocycles. The molecule has 0 spiro atoms. The molecule has 1 aliphatic rings. The van der Waals surface area contributed by atoms with Crippen LogP contribution in [0.3, 0.4) is 0 Å². The number of rotatable bonds is 4. The van der Waals surface area contributed by atoms with Crippen LogP contribution < -0.4 is 0 Å². The minimum absolute atomic E-state index is 0.236. The Morgan fingerprint density at radius 2 is 1.73 bits per heavy atom. The summed E-state index contributed by atoms with van der Waals surface area (Å²) in [7, 11) is -3.55. The van der Waals surface area contributed by atoms with E-state index in [1.54, 1.807) is 30.0 Å². The van der Waals surface area contributed by atoms with Gasteiger partial charge >= 0.3 is 0 Å². The lowest BCUT2D eigenvalue weighted by atomic mass is 10.0. The first-order valence-corrected chi connectivity index (χ1v) is 10.1. The summed E-state index contributed by atoms with van der Waals surface area (Å²) in [6.07, 6.45) is 0. The molecular formula is C18H23N3O4S. The third-order valence-corrected chi connectivity index (χ3v) is 6.47. The van der Waals surface area contributed by atoms with Crippen molar-refractivity contribution in [2.24, 2.45) is 0 Å². The molecular weight excluding hydrogens is 354 g/mol. The number of aromatic nitrogens is 1. The zero-order valence-corrected chi connectivity index (χ0v) is 16.0. The molecule has 1 saturated heterocycles. The summed E-state index contributed by atoms with van der Waals surface area (Å²) in [5.74, 6) is 0.682. The molecule has 0 bridgehead atoms. The van der Waals surface area contributed by atoms with Crippen molar-refractivity contribution < 1.29 is 17.7 Å². The number of carbonyl (C=O) groups excluding carboxylic acids is 1. The normalized spacial score (nSPS) is 16.2. The number of nitrogens with zero attached hydrogens (tertiary/aromatic N) is 3. The summed E-state index contributed by atoms with van der Waals surface area (Å²) in [5, 5.41) is 3.73. The highest BCUT2D eigenvalue weighted by atomic mass is 32.2. The molecule has 0 radical (unpaired) electrons. The van der Waals surface area contributed by atoms with Crippen molar-refractivity contribution in [2.45, 2.75) is 31.6 Å². The SMILES string of the molecule is Cc1cc(C(=O)N2CCN(S(=O)(=O)c3ccc(C(C)C)cc3)CC2)no1. The lowest BCUT2D eigenvalue weighted by Crippen LogP contribution is -2.50. The number of amides is 1. The average molecular weight is 377 g/mol. The van der Waals surface area contributed by atoms with Crippen LogP contribution in [0.15, 0.2) is 39.8 Å². The van der Waals surface area contributed by atoms with E-state index in [9.17, 15) is 13.2 Å². The topological polar surface area (TPSA) is 83.7 Å². The first kappa shape index (κ1) is 18.6. The Labute approximate surface area is 153 Å². The summed E-state index contributed by atoms with van der Waals surface area (Å²) in [4.78, 5) is 14.3. The number of piperazine rings is 1. The predicted molar refractivity (Wildman–Crippen MR) is 96.4 cm³/mol. The molecule has 140 valence electrons. The standard InChI is InChI=1S/C18H23N3O4S/c1-13(2)15-4-6-16(7-5-15)26(23,24)21-10-8-20(9-11-21)18(22)17-12-14(3)25-19-17/h4-7,12-13H,8-11H2,1-3H3. The predicted octanol–water partition coefficient (Wildman–Crippen LogP) is 2.25. The highest BCUT2D eigenvalue weighted by molar-refractivity contribution is 7.89. The van der Waals surface area contributed by atoms with E-state index in [4.69, 9.17) is 4.52 Å². The minimum atomic E-state index is -3.55. The molecule has 1 amide bonds. The Morgan fingerprint density at radius 1 is 1.12 bits per heavy atom. The lowest BCUT2D eigenvalue weighted by molar-refractivity contribution is 0.0687. The summed E-state index contributed by atoms with van der Waals surface area (Å²) >= 11 is 0. The second-order valence-corrected chi connectivity index (χ2v) is 8.68. The van der Waals surface area contributed by atoms with Crippen molar-refractivity contribution in [2.75, 3.05) is 26.2 Å². The van der Waals surface area contributed by atoms with E-state index >= 15 is 0 Å². The van der Waals surface area contributed by atoms with Crippen molar-refractivity contribution in [3.63, 3.8) is 0 Å². The molecule has 0 N–H and O–H groups in total. The number of carbonyl (C=O) groups is 1. The zero-order valence-electron chi connectivity index (χ0n) is 15.2. The highest BCUT2D eigenvalue weighted by Crippen LogP contribution is 2.21. The van der Waals surface area contributed by atoms with Crippen LogP contribution in [0.4, 0.5) is 0 Å². The van der Waals surface area contributed by atoms with Gasteiger partial charge in [-0.25, -0.2) is 8.42 Å². The van der Waals surface area contributed by atoms with E-state index in [0.717, 1.165) is 5.56 Å². The molecule has 1 aromatic heterocycles. The smallest absolute Gasteiger partial charge is 0.276 e. The maximum absolute atomic E-state index is 12.8. The van der Waals surface area contributed by atoms with Gasteiger partial charge in [0.15, 0.2) is 5.69 Å². The third-order valence-electron chi connectivity index (χ3n) is 4.56. The van der Waals surface area contributed by atoms with Gasteiger partial charge in [-0.15, -0.1) is 0 Å². The van der Waals surface area contributed by atoms with E-state index in [0.29, 0.717) is 24.8 Å². The van der Waals surface area contributed by atoms with Gasteiger partial charge in [0.05, 0.1) is 4.90 Å². The summed E-state index contributed by atoms with van der Waals surface area (Å²) in [6.45, 7) is 7.03. The van der Waals surface area contributed by atoms with Gasteiger partial charge in [0.2, 0.25) is 10.0 Å². The zero-order chi connectivity index (χ0) is 18.9. The molecule has 3 rings (SSSR count). The van der Waals surface area contributed by atoms with Crippen LogP contribution in [0.25, 0.3) is 0 Å². The quantitative estimate of drug-likeness (QED) is 0.816. The van der Waals surface area contributed by atoms with Crippen molar-refractivity contribution >= 4 is 15.9 Å². The summed E-state index contributed by atoms with van der Waals surface area (Å²) in [6, 6.07) is 8.59. The van der Waals surface area contributed by atoms with Gasteiger partial charge in [-0.05, 0) is 30.5 Å². The van der Waals surface area contributed by atoms with E-state index < -0.39 is 10.0 Å². The van der Waals surface area contributed by atoms with Gasteiger partial charge in [-0.2, -0.15) is 4.31 Å². The first-order valence-electron chi connectivity index (χ1n) is 8.62. The van der Waals surface area contributed by atoms with Crippen LogP contribution in [0.5, 0.6) is 0 Å². The van der Waals surface area contributed by atoms with Crippen molar-refractivity contribution in [3.8, 4) is 0 Å². The van der Waals surface area contributed by atoms with Crippen LogP contribution in [0.1, 0.15) is 41.6 Å². The second kappa shape index (κ2) is 7.20. The number of benzene rings is 1. The fraction of sp³-hybridized carbons (Fsp3) is 0.444. The number of sulfonamides is 1. The minimum Gasteiger partial charge on any atom is -0.361 e. The van der Waals surface area contributed by atoms with E-state index in [1.165, 1.54) is 4.31 Å². The first-order chi connectivity index (χ1) is 12.3. The van der Waals surface area contributed by atoms with Gasteiger partial charge in [0.25, 0.3) is 5.91 Å². The molecule has 0 unspecified atom stereocenters. The molecule has 0 aliphatic carbocycles. The van der Waals surface area contributed by atoms with Gasteiger partial charge < -0.3 is 9.42 Å². The van der Waals surface area contributed by atoms with Crippen LogP contribution in [-0.4, -0.2) is 54.9 Å². The summed E-state index contributed by atoms with van der Waals surface area (Å²) in [5.41, 5.74) is 1.35. The molecule has 1 aromatic carbocycles. The van der Waals surface area contributed by atoms with Gasteiger partial charge in [-0.1, -0.05) is 31.1 Å². The Balaban J connectivity index is 1.67. The maximum atomic E-state index is 12.8. The van der Waals surface area contributed by atoms with Crippen molar-refractivity contribution in [1.82, 2.24) is 14.4 Å². The Morgan fingerprint density at radius 3 is 2.23 bits per heavy atom. The maximum Gasteiger partial charge on any atom is 0.276 e. The Hall–Kier alpha value is -2.19. The Bertz CT molecular complexity index is 879. The van der Waals surface area contributed by atoms with Crippen molar-refractivity contribution in [1.29, 1.82) is 0 Å². The molecule has 8 heteroatoms. The lowest BCUT2D eigenvalue weighted by Gasteiger charge is -2.33. The van der Waals surface area contributed by atoms with Crippen LogP contribution in [-0.2, 0) is 10.0 Å². The van der Waals surface area contributed by atoms with E-state index in [2.05, 4.69) is 19.0 Å². The second-order valence-electron chi connectivity index (χ2n) is 6.74. The van der Waals surface area contributed by atoms with Gasteiger partial charge in [0, 0.05) is 32.2 Å². The fourth-order valence-corrected chi connectivity index (χ4v) is 4.36. The third kappa shape index (κ3) is 3.66. The molecule has 0 saturated carbocycles. The highest BCUT2D eigenvalue weighted by Gasteiger charge is 2.31. The molecule has 1 fully saturated rings. The fourth-order valence-electron chi connectivity index (χ4n) is 2.93. The van der Waals surface area contributed by atoms with Gasteiger partial charge in [-0.3, -0.25) is 4.79 Å².